The minimum Gasteiger partial charge on any atom is -0.364 e. The first-order valence-electron chi connectivity index (χ1n) is 9.69. The van der Waals surface area contributed by atoms with Crippen LogP contribution in [0.2, 0.25) is 0 Å². The second-order valence-corrected chi connectivity index (χ2v) is 7.05. The first-order chi connectivity index (χ1) is 15.5. The highest BCUT2D eigenvalue weighted by molar-refractivity contribution is 5.93. The average Bonchev–Trinajstić information content (AvgIpc) is 3.26. The average molecular weight is 435 g/mol. The van der Waals surface area contributed by atoms with Crippen molar-refractivity contribution < 1.29 is 13.2 Å². The van der Waals surface area contributed by atoms with E-state index in [1.165, 1.54) is 12.4 Å². The molecular weight excluding hydrogens is 419 g/mol. The standard InChI is InChI=1S/C22H16F3N7/c23-22(24,25)15-6-3-4-13(10-15)11-27-19-17-20(29-12-28-17)32-21(31-19)30-18-16-7-2-1-5-14(16)8-9-26-18/h1-10,12H,11H2,(H3,26,27,28,29,30,31,32). The second-order valence-electron chi connectivity index (χ2n) is 7.05. The lowest BCUT2D eigenvalue weighted by molar-refractivity contribution is -0.137. The molecular formula is C22H16F3N7. The van der Waals surface area contributed by atoms with Gasteiger partial charge in [-0.25, -0.2) is 9.97 Å². The molecule has 5 rings (SSSR count). The lowest BCUT2D eigenvalue weighted by Crippen LogP contribution is -2.08. The van der Waals surface area contributed by atoms with E-state index in [-0.39, 0.29) is 12.5 Å². The molecule has 0 spiro atoms. The van der Waals surface area contributed by atoms with Crippen molar-refractivity contribution in [3.63, 3.8) is 0 Å². The third kappa shape index (κ3) is 3.89. The number of alkyl halides is 3. The summed E-state index contributed by atoms with van der Waals surface area (Å²) in [5.41, 5.74) is 0.731. The first-order valence-corrected chi connectivity index (χ1v) is 9.69. The van der Waals surface area contributed by atoms with Crippen LogP contribution in [0.3, 0.4) is 0 Å². The topological polar surface area (TPSA) is 91.4 Å². The molecule has 0 saturated carbocycles. The number of H-pyrrole nitrogens is 1. The molecule has 0 unspecified atom stereocenters. The molecule has 0 aliphatic rings. The summed E-state index contributed by atoms with van der Waals surface area (Å²) < 4.78 is 39.0. The predicted octanol–water partition coefficient (Wildman–Crippen LogP) is 5.28. The third-order valence-corrected chi connectivity index (χ3v) is 4.90. The smallest absolute Gasteiger partial charge is 0.364 e. The Balaban J connectivity index is 1.45. The summed E-state index contributed by atoms with van der Waals surface area (Å²) in [6.07, 6.45) is -1.23. The van der Waals surface area contributed by atoms with E-state index in [0.29, 0.717) is 28.4 Å². The highest BCUT2D eigenvalue weighted by Crippen LogP contribution is 2.30. The maximum atomic E-state index is 13.0. The highest BCUT2D eigenvalue weighted by Gasteiger charge is 2.30. The quantitative estimate of drug-likeness (QED) is 0.348. The summed E-state index contributed by atoms with van der Waals surface area (Å²) >= 11 is 0. The molecule has 5 aromatic rings. The van der Waals surface area contributed by atoms with Gasteiger partial charge in [0.15, 0.2) is 11.5 Å². The van der Waals surface area contributed by atoms with Crippen LogP contribution in [0, 0.1) is 0 Å². The molecule has 160 valence electrons. The van der Waals surface area contributed by atoms with Gasteiger partial charge in [-0.1, -0.05) is 36.4 Å². The lowest BCUT2D eigenvalue weighted by Gasteiger charge is -2.12. The molecule has 0 bridgehead atoms. The number of nitrogens with one attached hydrogen (secondary N) is 3. The molecule has 10 heteroatoms. The van der Waals surface area contributed by atoms with Crippen LogP contribution in [0.15, 0.2) is 67.1 Å². The van der Waals surface area contributed by atoms with Crippen LogP contribution >= 0.6 is 0 Å². The molecule has 2 aromatic carbocycles. The largest absolute Gasteiger partial charge is 0.416 e. The molecule has 32 heavy (non-hydrogen) atoms. The van der Waals surface area contributed by atoms with Crippen LogP contribution in [0.5, 0.6) is 0 Å². The molecule has 0 atom stereocenters. The minimum absolute atomic E-state index is 0.140. The van der Waals surface area contributed by atoms with Crippen LogP contribution in [0.25, 0.3) is 21.9 Å². The maximum Gasteiger partial charge on any atom is 0.416 e. The van der Waals surface area contributed by atoms with Gasteiger partial charge in [-0.05, 0) is 29.1 Å². The number of hydrogen-bond donors (Lipinski definition) is 3. The molecule has 0 aliphatic carbocycles. The van der Waals surface area contributed by atoms with Gasteiger partial charge < -0.3 is 15.6 Å². The molecule has 0 saturated heterocycles. The number of aromatic nitrogens is 5. The van der Waals surface area contributed by atoms with Crippen molar-refractivity contribution in [3.8, 4) is 0 Å². The molecule has 3 heterocycles. The highest BCUT2D eigenvalue weighted by atomic mass is 19.4. The molecule has 0 fully saturated rings. The van der Waals surface area contributed by atoms with E-state index in [2.05, 4.69) is 35.6 Å². The SMILES string of the molecule is FC(F)(F)c1cccc(CNc2nc(Nc3nccc4ccccc34)nc3nc[nH]c23)c1. The van der Waals surface area contributed by atoms with Crippen molar-refractivity contribution in [1.82, 2.24) is 24.9 Å². The molecule has 0 aliphatic heterocycles. The molecule has 0 amide bonds. The van der Waals surface area contributed by atoms with Gasteiger partial charge in [0.05, 0.1) is 11.9 Å². The fourth-order valence-electron chi connectivity index (χ4n) is 3.39. The Hall–Kier alpha value is -4.21. The monoisotopic (exact) mass is 435 g/mol. The Morgan fingerprint density at radius 3 is 2.66 bits per heavy atom. The van der Waals surface area contributed by atoms with Gasteiger partial charge in [-0.3, -0.25) is 0 Å². The number of nitrogens with zero attached hydrogens (tertiary/aromatic N) is 4. The number of rotatable bonds is 5. The van der Waals surface area contributed by atoms with E-state index in [0.717, 1.165) is 22.9 Å². The zero-order chi connectivity index (χ0) is 22.1. The normalized spacial score (nSPS) is 11.7. The van der Waals surface area contributed by atoms with Gasteiger partial charge in [0.2, 0.25) is 5.95 Å². The van der Waals surface area contributed by atoms with Gasteiger partial charge in [-0.2, -0.15) is 23.1 Å². The predicted molar refractivity (Wildman–Crippen MR) is 115 cm³/mol. The molecule has 0 radical (unpaired) electrons. The Morgan fingerprint density at radius 1 is 0.906 bits per heavy atom. The van der Waals surface area contributed by atoms with Crippen LogP contribution in [-0.4, -0.2) is 24.9 Å². The summed E-state index contributed by atoms with van der Waals surface area (Å²) in [4.78, 5) is 20.4. The number of halogens is 3. The number of aromatic amines is 1. The van der Waals surface area contributed by atoms with E-state index in [9.17, 15) is 13.2 Å². The Kier molecular flexibility index (Phi) is 4.81. The lowest BCUT2D eigenvalue weighted by atomic mass is 10.1. The Morgan fingerprint density at radius 2 is 1.78 bits per heavy atom. The fourth-order valence-corrected chi connectivity index (χ4v) is 3.39. The van der Waals surface area contributed by atoms with Gasteiger partial charge in [0, 0.05) is 18.1 Å². The van der Waals surface area contributed by atoms with Crippen molar-refractivity contribution in [2.45, 2.75) is 12.7 Å². The zero-order valence-corrected chi connectivity index (χ0v) is 16.5. The van der Waals surface area contributed by atoms with Gasteiger partial charge in [-0.15, -0.1) is 0 Å². The van der Waals surface area contributed by atoms with Crippen LogP contribution < -0.4 is 10.6 Å². The number of benzene rings is 2. The Labute approximate surface area is 179 Å². The summed E-state index contributed by atoms with van der Waals surface area (Å²) in [7, 11) is 0. The van der Waals surface area contributed by atoms with Crippen LogP contribution in [0.1, 0.15) is 11.1 Å². The summed E-state index contributed by atoms with van der Waals surface area (Å²) in [5.74, 6) is 1.26. The van der Waals surface area contributed by atoms with Crippen molar-refractivity contribution in [3.05, 3.63) is 78.2 Å². The van der Waals surface area contributed by atoms with E-state index in [4.69, 9.17) is 0 Å². The summed E-state index contributed by atoms with van der Waals surface area (Å²) in [5, 5.41) is 8.11. The van der Waals surface area contributed by atoms with Crippen LogP contribution in [0.4, 0.5) is 30.8 Å². The summed E-state index contributed by atoms with van der Waals surface area (Å²) in [6, 6.07) is 14.8. The van der Waals surface area contributed by atoms with Crippen molar-refractivity contribution in [2.24, 2.45) is 0 Å². The van der Waals surface area contributed by atoms with E-state index < -0.39 is 11.7 Å². The minimum atomic E-state index is -4.40. The molecule has 7 nitrogen and oxygen atoms in total. The number of anilines is 3. The van der Waals surface area contributed by atoms with Gasteiger partial charge in [0.25, 0.3) is 0 Å². The number of pyridine rings is 1. The maximum absolute atomic E-state index is 13.0. The fraction of sp³-hybridized carbons (Fsp3) is 0.0909. The molecule has 3 N–H and O–H groups in total. The Bertz CT molecular complexity index is 1410. The number of hydrogen-bond acceptors (Lipinski definition) is 6. The van der Waals surface area contributed by atoms with Gasteiger partial charge >= 0.3 is 6.18 Å². The van der Waals surface area contributed by atoms with E-state index in [1.807, 2.05) is 30.3 Å². The second kappa shape index (κ2) is 7.80. The van der Waals surface area contributed by atoms with E-state index >= 15 is 0 Å². The van der Waals surface area contributed by atoms with E-state index in [1.54, 1.807) is 12.3 Å². The van der Waals surface area contributed by atoms with Crippen molar-refractivity contribution in [1.29, 1.82) is 0 Å². The number of imidazole rings is 1. The van der Waals surface area contributed by atoms with Crippen molar-refractivity contribution in [2.75, 3.05) is 10.6 Å². The van der Waals surface area contributed by atoms with Gasteiger partial charge in [0.1, 0.15) is 11.3 Å². The first kappa shape index (κ1) is 19.7. The molecule has 3 aromatic heterocycles. The number of fused-ring (bicyclic) bond motifs is 2. The summed E-state index contributed by atoms with van der Waals surface area (Å²) in [6.45, 7) is 0.140. The van der Waals surface area contributed by atoms with Crippen molar-refractivity contribution >= 4 is 39.5 Å². The van der Waals surface area contributed by atoms with Crippen LogP contribution in [-0.2, 0) is 12.7 Å². The third-order valence-electron chi connectivity index (χ3n) is 4.90. The zero-order valence-electron chi connectivity index (χ0n) is 16.5.